The average Bonchev–Trinajstić information content (AvgIpc) is 3.39. The second-order valence-corrected chi connectivity index (χ2v) is 9.48. The van der Waals surface area contributed by atoms with Gasteiger partial charge in [0.2, 0.25) is 11.9 Å². The molecule has 5 rings (SSSR count). The lowest BCUT2D eigenvalue weighted by Gasteiger charge is -2.33. The molecule has 0 saturated carbocycles. The number of ether oxygens (including phenoxy) is 2. The number of carbonyl (C=O) groups excluding carboxylic acids is 1. The molecule has 210 valence electrons. The molecule has 3 heterocycles. The molecule has 12 heteroatoms. The maximum atomic E-state index is 13.3. The largest absolute Gasteiger partial charge is 0.492 e. The lowest BCUT2D eigenvalue weighted by atomic mass is 10.1. The van der Waals surface area contributed by atoms with Crippen LogP contribution in [0.15, 0.2) is 61.1 Å². The molecule has 2 aromatic carbocycles. The van der Waals surface area contributed by atoms with Crippen LogP contribution in [0.25, 0.3) is 10.9 Å². The zero-order valence-electron chi connectivity index (χ0n) is 22.0. The van der Waals surface area contributed by atoms with Crippen LogP contribution in [0.4, 0.5) is 21.7 Å². The minimum absolute atomic E-state index is 0.0400. The molecule has 4 aromatic rings. The molecule has 11 nitrogen and oxygen atoms in total. The molecular weight excluding hydrogens is 517 g/mol. The fourth-order valence-electron chi connectivity index (χ4n) is 4.65. The van der Waals surface area contributed by atoms with Gasteiger partial charge in [0.05, 0.1) is 24.0 Å². The van der Waals surface area contributed by atoms with Crippen LogP contribution in [-0.4, -0.2) is 81.2 Å². The average molecular weight is 550 g/mol. The maximum absolute atomic E-state index is 13.3. The van der Waals surface area contributed by atoms with Crippen LogP contribution in [0.2, 0.25) is 0 Å². The van der Waals surface area contributed by atoms with E-state index < -0.39 is 5.82 Å². The SMILES string of the molecule is O=C(Cn1cc(Nc2ncc3ccc(OCCN(CCO)C4CCOCC4)cc3n2)cn1)Nc1cccc(F)c1. The fourth-order valence-corrected chi connectivity index (χ4v) is 4.65. The molecule has 2 aromatic heterocycles. The number of rotatable bonds is 12. The number of amides is 1. The number of benzene rings is 2. The first-order chi connectivity index (χ1) is 19.6. The van der Waals surface area contributed by atoms with E-state index in [1.54, 1.807) is 24.7 Å². The van der Waals surface area contributed by atoms with Crippen LogP contribution in [-0.2, 0) is 16.1 Å². The third-order valence-corrected chi connectivity index (χ3v) is 6.60. The van der Waals surface area contributed by atoms with Gasteiger partial charge < -0.3 is 25.2 Å². The zero-order valence-corrected chi connectivity index (χ0v) is 22.0. The molecule has 0 unspecified atom stereocenters. The van der Waals surface area contributed by atoms with E-state index in [0.29, 0.717) is 54.3 Å². The molecule has 1 aliphatic rings. The summed E-state index contributed by atoms with van der Waals surface area (Å²) in [6, 6.07) is 11.8. The van der Waals surface area contributed by atoms with Crippen molar-refractivity contribution in [1.82, 2.24) is 24.6 Å². The molecule has 1 aliphatic heterocycles. The van der Waals surface area contributed by atoms with Gasteiger partial charge in [-0.15, -0.1) is 0 Å². The monoisotopic (exact) mass is 549 g/mol. The molecule has 1 saturated heterocycles. The second-order valence-electron chi connectivity index (χ2n) is 9.48. The Kier molecular flexibility index (Phi) is 9.11. The number of carbonyl (C=O) groups is 1. The highest BCUT2D eigenvalue weighted by atomic mass is 19.1. The molecule has 0 aliphatic carbocycles. The van der Waals surface area contributed by atoms with Crippen molar-refractivity contribution < 1.29 is 23.8 Å². The van der Waals surface area contributed by atoms with E-state index in [2.05, 4.69) is 30.6 Å². The van der Waals surface area contributed by atoms with E-state index in [0.717, 1.165) is 31.4 Å². The Hall–Kier alpha value is -4.13. The third-order valence-electron chi connectivity index (χ3n) is 6.60. The Morgan fingerprint density at radius 2 is 2.02 bits per heavy atom. The summed E-state index contributed by atoms with van der Waals surface area (Å²) in [5.41, 5.74) is 1.71. The summed E-state index contributed by atoms with van der Waals surface area (Å²) in [6.45, 7) is 3.39. The van der Waals surface area contributed by atoms with Gasteiger partial charge in [-0.1, -0.05) is 6.07 Å². The van der Waals surface area contributed by atoms with Gasteiger partial charge in [-0.25, -0.2) is 14.4 Å². The number of hydrogen-bond acceptors (Lipinski definition) is 9. The highest BCUT2D eigenvalue weighted by molar-refractivity contribution is 5.90. The summed E-state index contributed by atoms with van der Waals surface area (Å²) in [4.78, 5) is 23.5. The highest BCUT2D eigenvalue weighted by Crippen LogP contribution is 2.22. The molecule has 40 heavy (non-hydrogen) atoms. The number of aliphatic hydroxyl groups excluding tert-OH is 1. The summed E-state index contributed by atoms with van der Waals surface area (Å²) in [5.74, 6) is 0.321. The molecule has 0 bridgehead atoms. The van der Waals surface area contributed by atoms with Crippen LogP contribution < -0.4 is 15.4 Å². The number of fused-ring (bicyclic) bond motifs is 1. The second kappa shape index (κ2) is 13.3. The van der Waals surface area contributed by atoms with Crippen LogP contribution in [0.3, 0.4) is 0 Å². The lowest BCUT2D eigenvalue weighted by molar-refractivity contribution is -0.116. The summed E-state index contributed by atoms with van der Waals surface area (Å²) < 4.78 is 26.3. The van der Waals surface area contributed by atoms with Gasteiger partial charge in [0.25, 0.3) is 0 Å². The maximum Gasteiger partial charge on any atom is 0.246 e. The minimum Gasteiger partial charge on any atom is -0.492 e. The van der Waals surface area contributed by atoms with Gasteiger partial charge in [-0.3, -0.25) is 14.4 Å². The van der Waals surface area contributed by atoms with Gasteiger partial charge >= 0.3 is 0 Å². The van der Waals surface area contributed by atoms with E-state index in [9.17, 15) is 14.3 Å². The molecule has 1 fully saturated rings. The van der Waals surface area contributed by atoms with Crippen LogP contribution in [0.5, 0.6) is 5.75 Å². The highest BCUT2D eigenvalue weighted by Gasteiger charge is 2.21. The summed E-state index contributed by atoms with van der Waals surface area (Å²) in [6.07, 6.45) is 6.88. The molecule has 0 spiro atoms. The van der Waals surface area contributed by atoms with Gasteiger partial charge in [0.15, 0.2) is 0 Å². The number of aliphatic hydroxyl groups is 1. The topological polar surface area (TPSA) is 127 Å². The molecule has 1 amide bonds. The van der Waals surface area contributed by atoms with Crippen molar-refractivity contribution in [3.8, 4) is 5.75 Å². The first-order valence-electron chi connectivity index (χ1n) is 13.2. The van der Waals surface area contributed by atoms with E-state index in [1.165, 1.54) is 22.9 Å². The zero-order chi connectivity index (χ0) is 27.7. The van der Waals surface area contributed by atoms with E-state index in [4.69, 9.17) is 9.47 Å². The van der Waals surface area contributed by atoms with Crippen LogP contribution >= 0.6 is 0 Å². The summed E-state index contributed by atoms with van der Waals surface area (Å²) in [5, 5.41) is 20.3. The Bertz CT molecular complexity index is 1430. The van der Waals surface area contributed by atoms with E-state index in [-0.39, 0.29) is 19.1 Å². The van der Waals surface area contributed by atoms with Crippen LogP contribution in [0, 0.1) is 5.82 Å². The number of aromatic nitrogens is 4. The van der Waals surface area contributed by atoms with Crippen molar-refractivity contribution in [3.63, 3.8) is 0 Å². The standard InChI is InChI=1S/C28H32FN7O4/c29-21-2-1-3-22(14-21)32-27(38)19-36-18-23(17-31-36)33-28-30-16-20-4-5-25(15-26(20)34-28)40-13-9-35(8-10-37)24-6-11-39-12-7-24/h1-5,14-18,24,37H,6-13,19H2,(H,32,38)(H,30,33,34). The van der Waals surface area contributed by atoms with Gasteiger partial charge in [0, 0.05) is 61.9 Å². The Morgan fingerprint density at radius 1 is 1.15 bits per heavy atom. The quantitative estimate of drug-likeness (QED) is 0.244. The van der Waals surface area contributed by atoms with Gasteiger partial charge in [-0.2, -0.15) is 5.10 Å². The van der Waals surface area contributed by atoms with Gasteiger partial charge in [-0.05, 0) is 43.2 Å². The molecular formula is C28H32FN7O4. The fraction of sp³-hybridized carbons (Fsp3) is 0.357. The van der Waals surface area contributed by atoms with E-state index >= 15 is 0 Å². The number of nitrogens with zero attached hydrogens (tertiary/aromatic N) is 5. The van der Waals surface area contributed by atoms with Crippen molar-refractivity contribution in [2.45, 2.75) is 25.4 Å². The van der Waals surface area contributed by atoms with Crippen LogP contribution in [0.1, 0.15) is 12.8 Å². The van der Waals surface area contributed by atoms with Crippen molar-refractivity contribution in [1.29, 1.82) is 0 Å². The van der Waals surface area contributed by atoms with Crippen molar-refractivity contribution in [2.75, 3.05) is 50.2 Å². The Balaban J connectivity index is 1.16. The predicted octanol–water partition coefficient (Wildman–Crippen LogP) is 3.20. The molecule has 0 atom stereocenters. The summed E-state index contributed by atoms with van der Waals surface area (Å²) in [7, 11) is 0. The number of hydrogen-bond donors (Lipinski definition) is 3. The van der Waals surface area contributed by atoms with Crippen molar-refractivity contribution in [3.05, 3.63) is 66.9 Å². The first kappa shape index (κ1) is 27.4. The number of anilines is 3. The number of halogens is 1. The Morgan fingerprint density at radius 3 is 2.85 bits per heavy atom. The van der Waals surface area contributed by atoms with Gasteiger partial charge in [0.1, 0.15) is 24.7 Å². The first-order valence-corrected chi connectivity index (χ1v) is 13.2. The van der Waals surface area contributed by atoms with E-state index in [1.807, 2.05) is 18.2 Å². The molecule has 3 N–H and O–H groups in total. The Labute approximate surface area is 230 Å². The smallest absolute Gasteiger partial charge is 0.246 e. The summed E-state index contributed by atoms with van der Waals surface area (Å²) >= 11 is 0. The normalized spacial score (nSPS) is 14.0. The van der Waals surface area contributed by atoms with Crippen molar-refractivity contribution >= 4 is 34.1 Å². The molecule has 0 radical (unpaired) electrons. The number of nitrogens with one attached hydrogen (secondary N) is 2. The minimum atomic E-state index is -0.423. The predicted molar refractivity (Wildman–Crippen MR) is 148 cm³/mol. The van der Waals surface area contributed by atoms with Crippen molar-refractivity contribution in [2.24, 2.45) is 0 Å². The third kappa shape index (κ3) is 7.50. The lowest BCUT2D eigenvalue weighted by Crippen LogP contribution is -2.43.